The van der Waals surface area contributed by atoms with Crippen molar-refractivity contribution < 1.29 is 13.7 Å². The van der Waals surface area contributed by atoms with Crippen LogP contribution in [-0.4, -0.2) is 31.3 Å². The first-order valence-electron chi connectivity index (χ1n) is 9.57. The van der Waals surface area contributed by atoms with Crippen molar-refractivity contribution in [3.8, 4) is 5.75 Å². The molecule has 1 unspecified atom stereocenters. The Hall–Kier alpha value is -2.96. The van der Waals surface area contributed by atoms with Gasteiger partial charge in [-0.2, -0.15) is 0 Å². The number of nitrogens with one attached hydrogen (secondary N) is 2. The lowest BCUT2D eigenvalue weighted by Gasteiger charge is -2.16. The standard InChI is InChI=1S/C21H28N4O3/c1-6-26-18-9-7-8-16-12-19(27-20(16)18)14(3)24-21(22-5)23-11-10-17-13(2)25-28-15(17)4/h7-9,12,14H,6,10-11H2,1-5H3,(H2,22,23,24). The highest BCUT2D eigenvalue weighted by molar-refractivity contribution is 5.84. The molecule has 2 N–H and O–H groups in total. The summed E-state index contributed by atoms with van der Waals surface area (Å²) in [5, 5.41) is 11.7. The lowest BCUT2D eigenvalue weighted by Crippen LogP contribution is -2.39. The smallest absolute Gasteiger partial charge is 0.191 e. The third-order valence-electron chi connectivity index (χ3n) is 4.68. The fourth-order valence-electron chi connectivity index (χ4n) is 3.17. The Morgan fingerprint density at radius 3 is 2.82 bits per heavy atom. The zero-order valence-electron chi connectivity index (χ0n) is 17.1. The average molecular weight is 384 g/mol. The van der Waals surface area contributed by atoms with Gasteiger partial charge in [-0.05, 0) is 46.2 Å². The molecule has 0 fully saturated rings. The van der Waals surface area contributed by atoms with Crippen LogP contribution in [0.15, 0.2) is 38.2 Å². The van der Waals surface area contributed by atoms with Gasteiger partial charge in [-0.1, -0.05) is 17.3 Å². The first-order chi connectivity index (χ1) is 13.5. The number of benzene rings is 1. The topological polar surface area (TPSA) is 84.8 Å². The summed E-state index contributed by atoms with van der Waals surface area (Å²) in [6, 6.07) is 7.90. The Balaban J connectivity index is 1.63. The van der Waals surface area contributed by atoms with Gasteiger partial charge in [0.15, 0.2) is 17.3 Å². The van der Waals surface area contributed by atoms with Crippen LogP contribution in [0.25, 0.3) is 11.0 Å². The molecule has 0 radical (unpaired) electrons. The molecule has 7 heteroatoms. The minimum Gasteiger partial charge on any atom is -0.490 e. The molecule has 2 aromatic heterocycles. The molecule has 1 atom stereocenters. The van der Waals surface area contributed by atoms with Crippen LogP contribution in [0.4, 0.5) is 0 Å². The second-order valence-electron chi connectivity index (χ2n) is 6.67. The van der Waals surface area contributed by atoms with Gasteiger partial charge in [0.1, 0.15) is 11.5 Å². The van der Waals surface area contributed by atoms with E-state index in [2.05, 4.69) is 20.8 Å². The van der Waals surface area contributed by atoms with E-state index in [0.717, 1.165) is 52.5 Å². The molecule has 0 aliphatic heterocycles. The lowest BCUT2D eigenvalue weighted by atomic mass is 10.1. The quantitative estimate of drug-likeness (QED) is 0.475. The third-order valence-corrected chi connectivity index (χ3v) is 4.68. The molecule has 28 heavy (non-hydrogen) atoms. The molecule has 0 aliphatic carbocycles. The molecule has 3 rings (SSSR count). The Kier molecular flexibility index (Phi) is 6.23. The number of aromatic nitrogens is 1. The van der Waals surface area contributed by atoms with E-state index in [4.69, 9.17) is 13.7 Å². The highest BCUT2D eigenvalue weighted by atomic mass is 16.5. The van der Waals surface area contributed by atoms with Crippen molar-refractivity contribution in [2.45, 2.75) is 40.2 Å². The summed E-state index contributed by atoms with van der Waals surface area (Å²) in [7, 11) is 1.75. The zero-order valence-corrected chi connectivity index (χ0v) is 17.1. The van der Waals surface area contributed by atoms with Gasteiger partial charge in [0, 0.05) is 24.5 Å². The van der Waals surface area contributed by atoms with Gasteiger partial charge in [0.25, 0.3) is 0 Å². The van der Waals surface area contributed by atoms with Gasteiger partial charge in [-0.15, -0.1) is 0 Å². The zero-order chi connectivity index (χ0) is 20.1. The predicted octanol–water partition coefficient (Wildman–Crippen LogP) is 3.91. The van der Waals surface area contributed by atoms with E-state index in [0.29, 0.717) is 12.6 Å². The van der Waals surface area contributed by atoms with Crippen molar-refractivity contribution in [1.82, 2.24) is 15.8 Å². The summed E-state index contributed by atoms with van der Waals surface area (Å²) >= 11 is 0. The van der Waals surface area contributed by atoms with Gasteiger partial charge in [0.05, 0.1) is 18.3 Å². The number of hydrogen-bond acceptors (Lipinski definition) is 5. The number of guanidine groups is 1. The lowest BCUT2D eigenvalue weighted by molar-refractivity contribution is 0.336. The number of fused-ring (bicyclic) bond motifs is 1. The monoisotopic (exact) mass is 384 g/mol. The Labute approximate surface area is 165 Å². The number of nitrogens with zero attached hydrogens (tertiary/aromatic N) is 2. The minimum atomic E-state index is -0.0489. The van der Waals surface area contributed by atoms with Gasteiger partial charge in [-0.25, -0.2) is 0 Å². The summed E-state index contributed by atoms with van der Waals surface area (Å²) in [6.45, 7) is 9.22. The van der Waals surface area contributed by atoms with Crippen LogP contribution in [-0.2, 0) is 6.42 Å². The van der Waals surface area contributed by atoms with Crippen LogP contribution in [0, 0.1) is 13.8 Å². The minimum absolute atomic E-state index is 0.0489. The van der Waals surface area contributed by atoms with Crippen LogP contribution in [0.2, 0.25) is 0 Å². The second kappa shape index (κ2) is 8.82. The fourth-order valence-corrected chi connectivity index (χ4v) is 3.17. The summed E-state index contributed by atoms with van der Waals surface area (Å²) in [5.41, 5.74) is 2.84. The van der Waals surface area contributed by atoms with E-state index in [1.807, 2.05) is 52.0 Å². The number of para-hydroxylation sites is 1. The summed E-state index contributed by atoms with van der Waals surface area (Å²) in [5.74, 6) is 3.17. The molecule has 150 valence electrons. The van der Waals surface area contributed by atoms with Crippen LogP contribution < -0.4 is 15.4 Å². The van der Waals surface area contributed by atoms with E-state index in [1.165, 1.54) is 0 Å². The highest BCUT2D eigenvalue weighted by Gasteiger charge is 2.16. The highest BCUT2D eigenvalue weighted by Crippen LogP contribution is 2.31. The Morgan fingerprint density at radius 1 is 1.32 bits per heavy atom. The van der Waals surface area contributed by atoms with Crippen LogP contribution >= 0.6 is 0 Å². The molecular weight excluding hydrogens is 356 g/mol. The molecule has 7 nitrogen and oxygen atoms in total. The van der Waals surface area contributed by atoms with Crippen LogP contribution in [0.5, 0.6) is 5.75 Å². The Bertz CT molecular complexity index is 938. The molecule has 2 heterocycles. The van der Waals surface area contributed by atoms with Crippen molar-refractivity contribution in [3.63, 3.8) is 0 Å². The number of hydrogen-bond donors (Lipinski definition) is 2. The van der Waals surface area contributed by atoms with Gasteiger partial charge >= 0.3 is 0 Å². The van der Waals surface area contributed by atoms with Gasteiger partial charge < -0.3 is 24.3 Å². The maximum Gasteiger partial charge on any atom is 0.191 e. The van der Waals surface area contributed by atoms with Crippen molar-refractivity contribution in [2.75, 3.05) is 20.2 Å². The molecule has 0 bridgehead atoms. The summed E-state index contributed by atoms with van der Waals surface area (Å²) in [4.78, 5) is 4.31. The number of aryl methyl sites for hydroxylation is 2. The molecule has 0 spiro atoms. The maximum absolute atomic E-state index is 6.06. The van der Waals surface area contributed by atoms with Crippen LogP contribution in [0.1, 0.15) is 42.7 Å². The molecule has 0 saturated heterocycles. The van der Waals surface area contributed by atoms with Crippen molar-refractivity contribution >= 4 is 16.9 Å². The van der Waals surface area contributed by atoms with Gasteiger partial charge in [-0.3, -0.25) is 4.99 Å². The number of ether oxygens (including phenoxy) is 1. The average Bonchev–Trinajstić information content (AvgIpc) is 3.26. The Morgan fingerprint density at radius 2 is 2.14 bits per heavy atom. The summed E-state index contributed by atoms with van der Waals surface area (Å²) in [6.07, 6.45) is 0.818. The van der Waals surface area contributed by atoms with Crippen molar-refractivity contribution in [3.05, 3.63) is 47.0 Å². The van der Waals surface area contributed by atoms with Crippen molar-refractivity contribution in [1.29, 1.82) is 0 Å². The largest absolute Gasteiger partial charge is 0.490 e. The molecular formula is C21H28N4O3. The SMILES string of the molecule is CCOc1cccc2cc(C(C)NC(=NC)NCCc3c(C)noc3C)oc12. The first-order valence-corrected chi connectivity index (χ1v) is 9.57. The predicted molar refractivity (Wildman–Crippen MR) is 110 cm³/mol. The molecule has 3 aromatic rings. The second-order valence-corrected chi connectivity index (χ2v) is 6.67. The molecule has 1 aromatic carbocycles. The summed E-state index contributed by atoms with van der Waals surface area (Å²) < 4.78 is 16.9. The van der Waals surface area contributed by atoms with E-state index >= 15 is 0 Å². The maximum atomic E-state index is 6.06. The number of rotatable bonds is 7. The van der Waals surface area contributed by atoms with E-state index < -0.39 is 0 Å². The van der Waals surface area contributed by atoms with E-state index in [9.17, 15) is 0 Å². The van der Waals surface area contributed by atoms with Crippen molar-refractivity contribution in [2.24, 2.45) is 4.99 Å². The molecule has 0 amide bonds. The normalized spacial score (nSPS) is 13.0. The number of aliphatic imine (C=N–C) groups is 1. The third kappa shape index (κ3) is 4.30. The number of furan rings is 1. The van der Waals surface area contributed by atoms with Gasteiger partial charge in [0.2, 0.25) is 0 Å². The van der Waals surface area contributed by atoms with E-state index in [1.54, 1.807) is 7.05 Å². The van der Waals surface area contributed by atoms with E-state index in [-0.39, 0.29) is 6.04 Å². The molecule has 0 aliphatic rings. The first kappa shape index (κ1) is 19.8. The molecule has 0 saturated carbocycles. The fraction of sp³-hybridized carbons (Fsp3) is 0.429. The van der Waals surface area contributed by atoms with Crippen LogP contribution in [0.3, 0.4) is 0 Å².